The molecule has 1 N–H and O–H groups in total. The molecule has 2 heterocycles. The Kier molecular flexibility index (Phi) is 9.27. The number of benzene rings is 1. The lowest BCUT2D eigenvalue weighted by Gasteiger charge is -2.39. The highest BCUT2D eigenvalue weighted by atomic mass is 32.2. The molecular formula is C22H38N2O2S. The molecule has 0 bridgehead atoms. The Labute approximate surface area is 168 Å². The minimum Gasteiger partial charge on any atom is -0.371 e. The van der Waals surface area contributed by atoms with Crippen molar-refractivity contribution in [3.8, 4) is 0 Å². The van der Waals surface area contributed by atoms with Crippen LogP contribution in [0.25, 0.3) is 0 Å². The summed E-state index contributed by atoms with van der Waals surface area (Å²) in [6, 6.07) is 7.50. The van der Waals surface area contributed by atoms with Crippen molar-refractivity contribution in [2.24, 2.45) is 17.8 Å². The summed E-state index contributed by atoms with van der Waals surface area (Å²) in [5.41, 5.74) is 1.08. The van der Waals surface area contributed by atoms with Gasteiger partial charge in [-0.25, -0.2) is 4.21 Å². The lowest BCUT2D eigenvalue weighted by molar-refractivity contribution is 0.132. The van der Waals surface area contributed by atoms with E-state index < -0.39 is 11.1 Å². The highest BCUT2D eigenvalue weighted by Crippen LogP contribution is 2.28. The third-order valence-electron chi connectivity index (χ3n) is 6.09. The summed E-state index contributed by atoms with van der Waals surface area (Å²) < 4.78 is 20.5. The Bertz CT molecular complexity index is 577. The molecule has 1 unspecified atom stereocenters. The van der Waals surface area contributed by atoms with E-state index in [1.54, 1.807) is 6.07 Å². The van der Waals surface area contributed by atoms with Crippen molar-refractivity contribution in [3.63, 3.8) is 0 Å². The molecule has 2 aliphatic heterocycles. The molecule has 2 aliphatic rings. The summed E-state index contributed by atoms with van der Waals surface area (Å²) in [5.74, 6) is 2.54. The zero-order valence-electron chi connectivity index (χ0n) is 17.6. The highest BCUT2D eigenvalue weighted by molar-refractivity contribution is 7.79. The number of rotatable bonds is 5. The number of likely N-dealkylation sites (tertiary alicyclic amines) is 1. The predicted octanol–water partition coefficient (Wildman–Crippen LogP) is 4.88. The van der Waals surface area contributed by atoms with Gasteiger partial charge < -0.3 is 14.4 Å². The summed E-state index contributed by atoms with van der Waals surface area (Å²) in [6.45, 7) is 14.6. The van der Waals surface area contributed by atoms with E-state index in [9.17, 15) is 8.76 Å². The maximum Gasteiger partial charge on any atom is 0.186 e. The molecular weight excluding hydrogens is 356 g/mol. The molecule has 27 heavy (non-hydrogen) atoms. The lowest BCUT2D eigenvalue weighted by Crippen LogP contribution is -2.42. The van der Waals surface area contributed by atoms with Crippen molar-refractivity contribution in [1.82, 2.24) is 4.90 Å². The van der Waals surface area contributed by atoms with Gasteiger partial charge in [0.05, 0.1) is 4.90 Å². The molecule has 5 heteroatoms. The van der Waals surface area contributed by atoms with Gasteiger partial charge in [-0.05, 0) is 74.7 Å². The van der Waals surface area contributed by atoms with Crippen LogP contribution in [0.3, 0.4) is 0 Å². The summed E-state index contributed by atoms with van der Waals surface area (Å²) in [7, 11) is 0. The summed E-state index contributed by atoms with van der Waals surface area (Å²) >= 11 is -1.90. The fourth-order valence-electron chi connectivity index (χ4n) is 4.33. The molecule has 1 aromatic carbocycles. The zero-order chi connectivity index (χ0) is 19.8. The monoisotopic (exact) mass is 394 g/mol. The van der Waals surface area contributed by atoms with Crippen LogP contribution in [0.1, 0.15) is 53.4 Å². The second kappa shape index (κ2) is 11.2. The van der Waals surface area contributed by atoms with Gasteiger partial charge in [-0.2, -0.15) is 0 Å². The average molecular weight is 395 g/mol. The molecule has 0 aliphatic carbocycles. The van der Waals surface area contributed by atoms with Gasteiger partial charge in [0, 0.05) is 25.3 Å². The van der Waals surface area contributed by atoms with E-state index in [4.69, 9.17) is 0 Å². The maximum atomic E-state index is 11.3. The van der Waals surface area contributed by atoms with E-state index in [0.29, 0.717) is 4.90 Å². The van der Waals surface area contributed by atoms with Gasteiger partial charge in [0.1, 0.15) is 0 Å². The van der Waals surface area contributed by atoms with Crippen LogP contribution in [0.5, 0.6) is 0 Å². The third kappa shape index (κ3) is 6.58. The normalized spacial score (nSPS) is 21.0. The fraction of sp³-hybridized carbons (Fsp3) is 0.727. The van der Waals surface area contributed by atoms with Gasteiger partial charge >= 0.3 is 0 Å². The molecule has 154 valence electrons. The number of anilines is 1. The van der Waals surface area contributed by atoms with Crippen molar-refractivity contribution < 1.29 is 8.76 Å². The summed E-state index contributed by atoms with van der Waals surface area (Å²) in [4.78, 5) is 5.53. The van der Waals surface area contributed by atoms with Crippen LogP contribution < -0.4 is 4.90 Å². The Balaban J connectivity index is 0.00000126. The minimum absolute atomic E-state index is 0.493. The second-order valence-electron chi connectivity index (χ2n) is 8.06. The van der Waals surface area contributed by atoms with Crippen molar-refractivity contribution in [2.45, 2.75) is 58.3 Å². The van der Waals surface area contributed by atoms with Crippen molar-refractivity contribution in [3.05, 3.63) is 24.3 Å². The molecule has 0 spiro atoms. The second-order valence-corrected chi connectivity index (χ2v) is 9.03. The smallest absolute Gasteiger partial charge is 0.186 e. The fourth-order valence-corrected chi connectivity index (χ4v) is 4.75. The Morgan fingerprint density at radius 2 is 1.70 bits per heavy atom. The first-order valence-electron chi connectivity index (χ1n) is 10.7. The molecule has 0 aromatic heterocycles. The summed E-state index contributed by atoms with van der Waals surface area (Å²) in [6.07, 6.45) is 5.16. The summed E-state index contributed by atoms with van der Waals surface area (Å²) in [5, 5.41) is 0. The van der Waals surface area contributed by atoms with E-state index in [-0.39, 0.29) is 0 Å². The minimum atomic E-state index is -1.90. The SMILES string of the molecule is CC.CC(C)C1CCN(CC2CCN(c3cccc(S(=O)O)c3)CC2)CC1. The highest BCUT2D eigenvalue weighted by Gasteiger charge is 2.25. The van der Waals surface area contributed by atoms with Crippen molar-refractivity contribution in [2.75, 3.05) is 37.6 Å². The van der Waals surface area contributed by atoms with Gasteiger partial charge in [0.25, 0.3) is 0 Å². The quantitative estimate of drug-likeness (QED) is 0.723. The average Bonchev–Trinajstić information content (AvgIpc) is 2.70. The first kappa shape index (κ1) is 22.4. The molecule has 3 rings (SSSR count). The molecule has 1 aromatic rings. The van der Waals surface area contributed by atoms with Gasteiger partial charge in [0.15, 0.2) is 11.1 Å². The Hall–Kier alpha value is -0.910. The van der Waals surface area contributed by atoms with Crippen molar-refractivity contribution in [1.29, 1.82) is 0 Å². The molecule has 2 fully saturated rings. The molecule has 0 radical (unpaired) electrons. The van der Waals surface area contributed by atoms with Crippen molar-refractivity contribution >= 4 is 16.8 Å². The van der Waals surface area contributed by atoms with Gasteiger partial charge in [-0.15, -0.1) is 0 Å². The third-order valence-corrected chi connectivity index (χ3v) is 6.75. The number of hydrogen-bond acceptors (Lipinski definition) is 3. The van der Waals surface area contributed by atoms with Crippen LogP contribution in [0, 0.1) is 17.8 Å². The number of nitrogens with zero attached hydrogens (tertiary/aromatic N) is 2. The van der Waals surface area contributed by atoms with Gasteiger partial charge in [-0.3, -0.25) is 0 Å². The topological polar surface area (TPSA) is 43.8 Å². The Morgan fingerprint density at radius 1 is 1.07 bits per heavy atom. The predicted molar refractivity (Wildman–Crippen MR) is 116 cm³/mol. The van der Waals surface area contributed by atoms with Crippen LogP contribution in [-0.4, -0.2) is 46.4 Å². The van der Waals surface area contributed by atoms with E-state index in [1.807, 2.05) is 32.0 Å². The number of piperidine rings is 2. The lowest BCUT2D eigenvalue weighted by atomic mass is 9.86. The zero-order valence-corrected chi connectivity index (χ0v) is 18.4. The van der Waals surface area contributed by atoms with Crippen LogP contribution >= 0.6 is 0 Å². The first-order chi connectivity index (χ1) is 13.0. The number of hydrogen-bond donors (Lipinski definition) is 1. The largest absolute Gasteiger partial charge is 0.371 e. The molecule has 4 nitrogen and oxygen atoms in total. The molecule has 0 amide bonds. The van der Waals surface area contributed by atoms with E-state index in [0.717, 1.165) is 36.5 Å². The van der Waals surface area contributed by atoms with Crippen LogP contribution in [0.4, 0.5) is 5.69 Å². The molecule has 1 atom stereocenters. The van der Waals surface area contributed by atoms with Gasteiger partial charge in [-0.1, -0.05) is 33.8 Å². The molecule has 0 saturated carbocycles. The molecule has 2 saturated heterocycles. The van der Waals surface area contributed by atoms with Gasteiger partial charge in [0.2, 0.25) is 0 Å². The Morgan fingerprint density at radius 3 is 2.26 bits per heavy atom. The maximum absolute atomic E-state index is 11.3. The van der Waals surface area contributed by atoms with E-state index in [2.05, 4.69) is 23.6 Å². The first-order valence-corrected chi connectivity index (χ1v) is 11.8. The van der Waals surface area contributed by atoms with Crippen LogP contribution in [0.15, 0.2) is 29.2 Å². The van der Waals surface area contributed by atoms with Crippen LogP contribution in [-0.2, 0) is 11.1 Å². The standard InChI is InChI=1S/C20H32N2O2S.C2H6/c1-16(2)18-8-10-21(11-9-18)15-17-6-12-22(13-7-17)19-4-3-5-20(14-19)25(23)24;1-2/h3-5,14,16-18H,6-13,15H2,1-2H3,(H,23,24);1-2H3. The van der Waals surface area contributed by atoms with Crippen LogP contribution in [0.2, 0.25) is 0 Å². The van der Waals surface area contributed by atoms with E-state index >= 15 is 0 Å². The van der Waals surface area contributed by atoms with E-state index in [1.165, 1.54) is 45.3 Å².